The minimum atomic E-state index is -4.45. The van der Waals surface area contributed by atoms with Gasteiger partial charge in [-0.25, -0.2) is 0 Å². The highest BCUT2D eigenvalue weighted by Gasteiger charge is 2.30. The van der Waals surface area contributed by atoms with Gasteiger partial charge in [-0.05, 0) is 49.7 Å². The molecule has 0 radical (unpaired) electrons. The number of nitrogens with one attached hydrogen (secondary N) is 2. The number of ether oxygens (including phenoxy) is 2. The molecule has 1 amide bonds. The van der Waals surface area contributed by atoms with E-state index in [2.05, 4.69) is 26.8 Å². The molecule has 2 N–H and O–H groups in total. The van der Waals surface area contributed by atoms with Gasteiger partial charge in [-0.2, -0.15) is 13.2 Å². The van der Waals surface area contributed by atoms with Gasteiger partial charge in [-0.1, -0.05) is 22.0 Å². The van der Waals surface area contributed by atoms with E-state index in [1.165, 1.54) is 12.1 Å². The summed E-state index contributed by atoms with van der Waals surface area (Å²) >= 11 is 3.40. The molecule has 2 aromatic rings. The van der Waals surface area contributed by atoms with Gasteiger partial charge in [0.25, 0.3) is 0 Å². The normalized spacial score (nSPS) is 11.1. The lowest BCUT2D eigenvalue weighted by molar-refractivity contribution is -0.137. The largest absolute Gasteiger partial charge is 0.490 e. The third kappa shape index (κ3) is 6.05. The Hall–Kier alpha value is -2.42. The number of rotatable bonds is 8. The SMILES string of the molecule is CCOc1cc(Br)c(CC(=O)NNc2cccc(C(F)(F)F)c2)cc1OCC. The predicted molar refractivity (Wildman–Crippen MR) is 103 cm³/mol. The van der Waals surface area contributed by atoms with Crippen molar-refractivity contribution in [3.63, 3.8) is 0 Å². The molecule has 5 nitrogen and oxygen atoms in total. The van der Waals surface area contributed by atoms with Crippen LogP contribution >= 0.6 is 15.9 Å². The number of carbonyl (C=O) groups excluding carboxylic acids is 1. The van der Waals surface area contributed by atoms with E-state index in [-0.39, 0.29) is 12.1 Å². The fraction of sp³-hybridized carbons (Fsp3) is 0.316. The summed E-state index contributed by atoms with van der Waals surface area (Å²) in [6, 6.07) is 7.98. The molecular formula is C19H20BrF3N2O3. The zero-order valence-electron chi connectivity index (χ0n) is 15.3. The van der Waals surface area contributed by atoms with E-state index in [9.17, 15) is 18.0 Å². The Bertz CT molecular complexity index is 829. The maximum Gasteiger partial charge on any atom is 0.416 e. The molecule has 0 saturated carbocycles. The Morgan fingerprint density at radius 2 is 1.71 bits per heavy atom. The Labute approximate surface area is 169 Å². The molecule has 0 aliphatic carbocycles. The number of alkyl halides is 3. The van der Waals surface area contributed by atoms with Crippen LogP contribution in [0.25, 0.3) is 0 Å². The van der Waals surface area contributed by atoms with E-state index in [4.69, 9.17) is 9.47 Å². The summed E-state index contributed by atoms with van der Waals surface area (Å²) in [5.41, 5.74) is 4.87. The molecule has 0 aliphatic rings. The minimum absolute atomic E-state index is 0.0149. The van der Waals surface area contributed by atoms with Gasteiger partial charge in [0.2, 0.25) is 5.91 Å². The zero-order chi connectivity index (χ0) is 20.7. The van der Waals surface area contributed by atoms with E-state index in [0.717, 1.165) is 12.1 Å². The van der Waals surface area contributed by atoms with Crippen molar-refractivity contribution in [2.45, 2.75) is 26.4 Å². The quantitative estimate of drug-likeness (QED) is 0.547. The van der Waals surface area contributed by atoms with Gasteiger partial charge in [0.05, 0.1) is 30.9 Å². The van der Waals surface area contributed by atoms with Crippen LogP contribution in [-0.2, 0) is 17.4 Å². The topological polar surface area (TPSA) is 59.6 Å². The lowest BCUT2D eigenvalue weighted by Gasteiger charge is -2.15. The molecule has 0 unspecified atom stereocenters. The van der Waals surface area contributed by atoms with Gasteiger partial charge >= 0.3 is 6.18 Å². The molecule has 0 heterocycles. The number of amides is 1. The standard InChI is InChI=1S/C19H20BrF3N2O3/c1-3-27-16-8-12(15(20)11-17(16)28-4-2)9-18(26)25-24-14-7-5-6-13(10-14)19(21,22)23/h5-8,10-11,24H,3-4,9H2,1-2H3,(H,25,26). The summed E-state index contributed by atoms with van der Waals surface area (Å²) in [6.45, 7) is 4.59. The number of hydrogen-bond donors (Lipinski definition) is 2. The summed E-state index contributed by atoms with van der Waals surface area (Å²) in [4.78, 5) is 12.2. The van der Waals surface area contributed by atoms with Crippen LogP contribution in [0.5, 0.6) is 11.5 Å². The number of anilines is 1. The summed E-state index contributed by atoms with van der Waals surface area (Å²) in [5.74, 6) is 0.647. The molecule has 0 atom stereocenters. The predicted octanol–water partition coefficient (Wildman–Crippen LogP) is 4.95. The van der Waals surface area contributed by atoms with E-state index in [1.807, 2.05) is 13.8 Å². The van der Waals surface area contributed by atoms with Crippen molar-refractivity contribution in [1.82, 2.24) is 5.43 Å². The first-order chi connectivity index (χ1) is 13.2. The van der Waals surface area contributed by atoms with Crippen LogP contribution in [0.3, 0.4) is 0 Å². The lowest BCUT2D eigenvalue weighted by atomic mass is 10.1. The molecule has 0 bridgehead atoms. The molecule has 0 aliphatic heterocycles. The number of carbonyl (C=O) groups is 1. The van der Waals surface area contributed by atoms with Gasteiger partial charge < -0.3 is 9.47 Å². The second kappa shape index (κ2) is 9.68. The van der Waals surface area contributed by atoms with Crippen molar-refractivity contribution in [1.29, 1.82) is 0 Å². The van der Waals surface area contributed by atoms with Gasteiger partial charge in [0.15, 0.2) is 11.5 Å². The highest BCUT2D eigenvalue weighted by Crippen LogP contribution is 2.34. The summed E-state index contributed by atoms with van der Waals surface area (Å²) in [5, 5.41) is 0. The molecule has 0 spiro atoms. The van der Waals surface area contributed by atoms with Crippen LogP contribution in [0, 0.1) is 0 Å². The fourth-order valence-electron chi connectivity index (χ4n) is 2.38. The Balaban J connectivity index is 2.06. The molecule has 2 aromatic carbocycles. The highest BCUT2D eigenvalue weighted by atomic mass is 79.9. The molecule has 2 rings (SSSR count). The van der Waals surface area contributed by atoms with Crippen molar-refractivity contribution in [2.75, 3.05) is 18.6 Å². The first kappa shape index (κ1) is 21.9. The van der Waals surface area contributed by atoms with E-state index < -0.39 is 17.6 Å². The van der Waals surface area contributed by atoms with E-state index >= 15 is 0 Å². The van der Waals surface area contributed by atoms with Crippen molar-refractivity contribution < 1.29 is 27.4 Å². The second-order valence-electron chi connectivity index (χ2n) is 5.68. The number of hydrogen-bond acceptors (Lipinski definition) is 4. The third-order valence-electron chi connectivity index (χ3n) is 3.60. The average Bonchev–Trinajstić information content (AvgIpc) is 2.63. The van der Waals surface area contributed by atoms with Crippen molar-refractivity contribution >= 4 is 27.5 Å². The molecule has 0 saturated heterocycles. The number of halogens is 4. The third-order valence-corrected chi connectivity index (χ3v) is 4.34. The van der Waals surface area contributed by atoms with Gasteiger partial charge in [0, 0.05) is 4.47 Å². The van der Waals surface area contributed by atoms with Crippen LogP contribution in [0.1, 0.15) is 25.0 Å². The first-order valence-corrected chi connectivity index (χ1v) is 9.34. The first-order valence-electron chi connectivity index (χ1n) is 8.54. The van der Waals surface area contributed by atoms with Gasteiger partial charge in [-0.3, -0.25) is 15.6 Å². The summed E-state index contributed by atoms with van der Waals surface area (Å²) < 4.78 is 49.9. The smallest absolute Gasteiger partial charge is 0.416 e. The number of hydrazine groups is 1. The molecule has 9 heteroatoms. The van der Waals surface area contributed by atoms with E-state index in [1.54, 1.807) is 12.1 Å². The summed E-state index contributed by atoms with van der Waals surface area (Å²) in [6.07, 6.45) is -4.47. The average molecular weight is 461 g/mol. The number of benzene rings is 2. The van der Waals surface area contributed by atoms with E-state index in [0.29, 0.717) is 34.7 Å². The molecule has 28 heavy (non-hydrogen) atoms. The van der Waals surface area contributed by atoms with Crippen LogP contribution in [0.2, 0.25) is 0 Å². The van der Waals surface area contributed by atoms with Gasteiger partial charge in [0.1, 0.15) is 0 Å². The second-order valence-corrected chi connectivity index (χ2v) is 6.54. The van der Waals surface area contributed by atoms with Crippen molar-refractivity contribution in [3.8, 4) is 11.5 Å². The molecule has 0 aromatic heterocycles. The van der Waals surface area contributed by atoms with Crippen LogP contribution in [0.15, 0.2) is 40.9 Å². The van der Waals surface area contributed by atoms with Gasteiger partial charge in [-0.15, -0.1) is 0 Å². The minimum Gasteiger partial charge on any atom is -0.490 e. The van der Waals surface area contributed by atoms with Crippen molar-refractivity contribution in [3.05, 3.63) is 52.0 Å². The maximum atomic E-state index is 12.7. The van der Waals surface area contributed by atoms with Crippen LogP contribution in [0.4, 0.5) is 18.9 Å². The molecule has 0 fully saturated rings. The lowest BCUT2D eigenvalue weighted by Crippen LogP contribution is -2.31. The van der Waals surface area contributed by atoms with Crippen molar-refractivity contribution in [2.24, 2.45) is 0 Å². The summed E-state index contributed by atoms with van der Waals surface area (Å²) in [7, 11) is 0. The Morgan fingerprint density at radius 3 is 2.32 bits per heavy atom. The molecular weight excluding hydrogens is 441 g/mol. The fourth-order valence-corrected chi connectivity index (χ4v) is 2.84. The van der Waals surface area contributed by atoms with Crippen LogP contribution < -0.4 is 20.3 Å². The Morgan fingerprint density at radius 1 is 1.07 bits per heavy atom. The highest BCUT2D eigenvalue weighted by molar-refractivity contribution is 9.10. The Kier molecular flexibility index (Phi) is 7.56. The zero-order valence-corrected chi connectivity index (χ0v) is 16.9. The molecule has 152 valence electrons. The van der Waals surface area contributed by atoms with Crippen LogP contribution in [-0.4, -0.2) is 19.1 Å². The maximum absolute atomic E-state index is 12.7. The monoisotopic (exact) mass is 460 g/mol.